The van der Waals surface area contributed by atoms with Gasteiger partial charge in [-0.05, 0) is 139 Å². The van der Waals surface area contributed by atoms with Gasteiger partial charge < -0.3 is 66.9 Å². The van der Waals surface area contributed by atoms with E-state index in [9.17, 15) is 29.1 Å². The monoisotopic (exact) mass is 1480 g/mol. The molecule has 1 N–H and O–H groups in total. The molecular weight excluding hydrogens is 1400 g/mol. The molecule has 12 rings (SSSR count). The number of methoxy groups -OCH3 is 2. The van der Waals surface area contributed by atoms with Gasteiger partial charge in [0.15, 0.2) is 17.5 Å². The fraction of sp³-hybridized carbons (Fsp3) is 0.418. The van der Waals surface area contributed by atoms with Gasteiger partial charge >= 0.3 is 35.0 Å². The van der Waals surface area contributed by atoms with Gasteiger partial charge in [0.1, 0.15) is 22.8 Å². The van der Waals surface area contributed by atoms with Crippen LogP contribution in [0.2, 0.25) is 17.4 Å². The first kappa shape index (κ1) is 78.3. The van der Waals surface area contributed by atoms with Gasteiger partial charge in [0.25, 0.3) is 31.9 Å². The van der Waals surface area contributed by atoms with E-state index in [1.54, 1.807) is 76.2 Å². The average molecular weight is 1480 g/mol. The number of esters is 2. The first-order chi connectivity index (χ1) is 45.0. The first-order valence-corrected chi connectivity index (χ1v) is 35.5. The van der Waals surface area contributed by atoms with Crippen LogP contribution in [-0.4, -0.2) is 199 Å². The van der Waals surface area contributed by atoms with Crippen LogP contribution >= 0.6 is 15.9 Å². The predicted octanol–water partition coefficient (Wildman–Crippen LogP) is 7.61. The quantitative estimate of drug-likeness (QED) is 0.0698. The Hall–Kier alpha value is -7.72. The van der Waals surface area contributed by atoms with Gasteiger partial charge in [-0.2, -0.15) is 45.0 Å². The van der Waals surface area contributed by atoms with Crippen molar-refractivity contribution in [2.45, 2.75) is 146 Å². The molecule has 9 aromatic rings. The van der Waals surface area contributed by atoms with Gasteiger partial charge in [-0.3, -0.25) is 14.4 Å². The minimum atomic E-state index is -1.07. The van der Waals surface area contributed by atoms with Gasteiger partial charge in [-0.1, -0.05) is 36.4 Å². The number of piperidine rings is 3. The summed E-state index contributed by atoms with van der Waals surface area (Å²) in [7, 11) is 2.60. The number of rotatable bonds is 12. The Morgan fingerprint density at radius 1 is 0.515 bits per heavy atom. The van der Waals surface area contributed by atoms with Crippen LogP contribution in [0.15, 0.2) is 128 Å². The van der Waals surface area contributed by atoms with Crippen LogP contribution in [0.4, 0.5) is 0 Å². The predicted molar refractivity (Wildman–Crippen MR) is 362 cm³/mol. The SMILES string of the molecule is COC(=O)c1nc([C@@H]2CC[C@@H](C)N(C(=O)c3ccccc3-n3nccn3)C2)oc1Br.COC(=O)c1nc([C@@H]2CC[C@@H](C)N(C(=O)c3ccccc3-n3nccn3)C2)oc1C.Cc1oc([C@@H]2CC[C@@H](C)N(C(=O)c3ccccc3-n3nccn3)C2)nc1C(C)(C)O.[Br-].[CH3-].[CH3][Al]([CH3])[CH3].[Mg+2]. The molecule has 510 valence electrons. The summed E-state index contributed by atoms with van der Waals surface area (Å²) in [6.45, 7) is 14.4. The molecule has 0 aliphatic carbocycles. The average Bonchev–Trinajstić information content (AvgIpc) is 1.83. The molecule has 26 nitrogen and oxygen atoms in total. The Morgan fingerprint density at radius 2 is 0.814 bits per heavy atom. The third-order valence-electron chi connectivity index (χ3n) is 16.3. The van der Waals surface area contributed by atoms with Crippen LogP contribution in [0.3, 0.4) is 0 Å². The number of para-hydroxylation sites is 3. The summed E-state index contributed by atoms with van der Waals surface area (Å²) in [5.74, 6) is 7.77. The minimum absolute atomic E-state index is 0. The molecule has 6 aromatic heterocycles. The Balaban J connectivity index is 0.000000220. The molecule has 0 radical (unpaired) electrons. The van der Waals surface area contributed by atoms with Crippen LogP contribution in [0.25, 0.3) is 17.1 Å². The third kappa shape index (κ3) is 18.7. The van der Waals surface area contributed by atoms with Crippen molar-refractivity contribution in [2.75, 3.05) is 33.9 Å². The number of halogens is 2. The summed E-state index contributed by atoms with van der Waals surface area (Å²) in [4.78, 5) is 87.2. The van der Waals surface area contributed by atoms with Crippen molar-refractivity contribution in [3.05, 3.63) is 185 Å². The van der Waals surface area contributed by atoms with Crippen LogP contribution < -0.4 is 17.0 Å². The maximum atomic E-state index is 13.5. The number of carbonyl (C=O) groups is 5. The van der Waals surface area contributed by atoms with Gasteiger partial charge in [0.05, 0.1) is 103 Å². The zero-order valence-electron chi connectivity index (χ0n) is 57.0. The maximum absolute atomic E-state index is 13.5. The molecule has 30 heteroatoms. The van der Waals surface area contributed by atoms with E-state index in [1.807, 2.05) is 90.1 Å². The second-order valence-corrected chi connectivity index (χ2v) is 28.8. The van der Waals surface area contributed by atoms with Crippen molar-refractivity contribution in [3.63, 3.8) is 0 Å². The summed E-state index contributed by atoms with van der Waals surface area (Å²) in [6, 6.07) is 22.1. The van der Waals surface area contributed by atoms with Crippen LogP contribution in [0.1, 0.15) is 178 Å². The molecule has 3 amide bonds. The number of ether oxygens (including phenoxy) is 2. The van der Waals surface area contributed by atoms with E-state index in [0.29, 0.717) is 88.3 Å². The zero-order valence-corrected chi connectivity index (χ0v) is 62.7. The summed E-state index contributed by atoms with van der Waals surface area (Å²) in [5.41, 5.74) is 3.25. The summed E-state index contributed by atoms with van der Waals surface area (Å²) in [6.07, 6.45) is 14.4. The largest absolute Gasteiger partial charge is 2.00 e. The Labute approximate surface area is 603 Å². The molecular formula is C67H82AlBr2MgN15O11. The number of aromatic nitrogens is 12. The Bertz CT molecular complexity index is 3870. The van der Waals surface area contributed by atoms with E-state index in [4.69, 9.17) is 22.7 Å². The van der Waals surface area contributed by atoms with Crippen molar-refractivity contribution in [1.82, 2.24) is 74.6 Å². The number of carbonyl (C=O) groups excluding carboxylic acids is 5. The second-order valence-electron chi connectivity index (χ2n) is 24.6. The molecule has 0 spiro atoms. The van der Waals surface area contributed by atoms with Crippen molar-refractivity contribution in [2.24, 2.45) is 0 Å². The van der Waals surface area contributed by atoms with Crippen molar-refractivity contribution < 1.29 is 68.8 Å². The number of benzene rings is 3. The second kappa shape index (κ2) is 35.2. The topological polar surface area (TPSA) is 304 Å². The normalized spacial score (nSPS) is 18.1. The van der Waals surface area contributed by atoms with E-state index < -0.39 is 17.5 Å². The first-order valence-electron chi connectivity index (χ1n) is 31.3. The minimum Gasteiger partial charge on any atom is -1.00 e. The molecule has 3 aliphatic heterocycles. The fourth-order valence-electron chi connectivity index (χ4n) is 11.5. The molecule has 0 unspecified atom stereocenters. The van der Waals surface area contributed by atoms with Crippen LogP contribution in [0.5, 0.6) is 0 Å². The van der Waals surface area contributed by atoms with Crippen LogP contribution in [-0.2, 0) is 15.1 Å². The number of nitrogens with zero attached hydrogens (tertiary/aromatic N) is 15. The van der Waals surface area contributed by atoms with Crippen LogP contribution in [0, 0.1) is 21.3 Å². The standard InChI is InChI=1S/C22H27N5O3.C21H23N5O4.C20H20BrN5O4.4CH3.Al.BrH.Mg/c1-14-9-10-16(20-25-19(15(2)30-20)22(3,4)29)13-26(14)21(28)17-7-5-6-8-18(17)27-23-11-12-24-27;1-13-8-9-15(19-24-18(14(2)30-19)21(28)29-3)12-25(13)20(27)16-6-4-5-7-17(16)26-22-10-11-23-26;1-12-7-8-13(18-24-16(17(21)30-18)20(28)29-2)11-25(12)19(27)14-5-3-4-6-15(14)26-22-9-10-23-26;;;;;;;/h5-8,11-12,14,16,29H,9-10,13H2,1-4H3;4-7,10-11,13,15H,8-9,12H2,1-3H3;3-6,9-10,12-13H,7-8,11H2,1-2H3;4*1H3;;1H;/q;;;;;;-1;;;+2/p-1/t14-,16-;13-,15-;12-,13-;;;;;;;/m111......./s1. The molecule has 3 saturated heterocycles. The molecule has 97 heavy (non-hydrogen) atoms. The molecule has 0 saturated carbocycles. The Morgan fingerprint density at radius 3 is 1.14 bits per heavy atom. The van der Waals surface area contributed by atoms with E-state index >= 15 is 0 Å². The van der Waals surface area contributed by atoms with Crippen molar-refractivity contribution in [1.29, 1.82) is 0 Å². The third-order valence-corrected chi connectivity index (χ3v) is 16.9. The van der Waals surface area contributed by atoms with Crippen molar-refractivity contribution in [3.8, 4) is 17.1 Å². The van der Waals surface area contributed by atoms with Gasteiger partial charge in [-0.15, -0.1) is 17.4 Å². The number of hydrogen-bond donors (Lipinski definition) is 1. The molecule has 3 aromatic carbocycles. The number of aliphatic hydroxyl groups is 1. The number of aryl methyl sites for hydroxylation is 2. The summed E-state index contributed by atoms with van der Waals surface area (Å²) >= 11 is 3.08. The van der Waals surface area contributed by atoms with Gasteiger partial charge in [0.2, 0.25) is 16.3 Å². The van der Waals surface area contributed by atoms with Crippen molar-refractivity contribution >= 4 is 82.8 Å². The summed E-state index contributed by atoms with van der Waals surface area (Å²) in [5, 5.41) is 35.3. The smallest absolute Gasteiger partial charge is 1.00 e. The summed E-state index contributed by atoms with van der Waals surface area (Å²) < 4.78 is 27.0. The molecule has 3 fully saturated rings. The van der Waals surface area contributed by atoms with E-state index in [0.717, 1.165) is 38.5 Å². The molecule has 9 heterocycles. The van der Waals surface area contributed by atoms with Gasteiger partial charge in [0, 0.05) is 37.8 Å². The number of hydrogen-bond acceptors (Lipinski definition) is 20. The van der Waals surface area contributed by atoms with E-state index in [2.05, 4.69) is 85.8 Å². The van der Waals surface area contributed by atoms with E-state index in [-0.39, 0.29) is 131 Å². The number of amides is 3. The molecule has 0 bridgehead atoms. The zero-order chi connectivity index (χ0) is 67.5. The maximum Gasteiger partial charge on any atom is 2.00 e. The molecule has 3 aliphatic rings. The van der Waals surface area contributed by atoms with E-state index in [1.165, 1.54) is 28.6 Å². The Kier molecular flexibility index (Phi) is 28.4. The molecule has 6 atom stereocenters. The van der Waals surface area contributed by atoms with Gasteiger partial charge in [-0.25, -0.2) is 24.5 Å². The number of likely N-dealkylation sites (tertiary alicyclic amines) is 3. The number of oxazole rings is 3. The fourth-order valence-corrected chi connectivity index (χ4v) is 11.9.